The van der Waals surface area contributed by atoms with Crippen molar-refractivity contribution in [2.75, 3.05) is 26.0 Å². The Balaban J connectivity index is 2.24. The maximum atomic E-state index is 13.4. The van der Waals surface area contributed by atoms with Gasteiger partial charge in [-0.25, -0.2) is 4.39 Å². The number of carbonyl (C=O) groups is 1. The number of amides is 1. The molecule has 0 aromatic heterocycles. The first-order chi connectivity index (χ1) is 10.9. The molecule has 23 heavy (non-hydrogen) atoms. The number of hydrogen-bond donors (Lipinski definition) is 1. The molecule has 122 valence electrons. The molecule has 0 unspecified atom stereocenters. The predicted molar refractivity (Wildman–Crippen MR) is 90.6 cm³/mol. The molecule has 0 aliphatic rings. The lowest BCUT2D eigenvalue weighted by molar-refractivity contribution is -0.123. The zero-order valence-corrected chi connectivity index (χ0v) is 13.7. The van der Waals surface area contributed by atoms with Crippen LogP contribution in [0.5, 0.6) is 0 Å². The first-order valence-electron chi connectivity index (χ1n) is 7.40. The Morgan fingerprint density at radius 2 is 1.83 bits per heavy atom. The van der Waals surface area contributed by atoms with E-state index in [0.29, 0.717) is 12.1 Å². The van der Waals surface area contributed by atoms with Crippen LogP contribution in [0.25, 0.3) is 0 Å². The molecule has 0 bridgehead atoms. The largest absolute Gasteiger partial charge is 0.378 e. The highest BCUT2D eigenvalue weighted by Gasteiger charge is 2.23. The predicted octanol–water partition coefficient (Wildman–Crippen LogP) is 2.55. The van der Waals surface area contributed by atoms with Gasteiger partial charge >= 0.3 is 0 Å². The van der Waals surface area contributed by atoms with Gasteiger partial charge < -0.3 is 10.6 Å². The van der Waals surface area contributed by atoms with Crippen LogP contribution in [-0.2, 0) is 11.3 Å². The Morgan fingerprint density at radius 3 is 2.43 bits per heavy atom. The quantitative estimate of drug-likeness (QED) is 0.891. The molecule has 0 aliphatic heterocycles. The Kier molecular flexibility index (Phi) is 5.34. The fourth-order valence-electron chi connectivity index (χ4n) is 2.62. The zero-order valence-electron chi connectivity index (χ0n) is 13.7. The van der Waals surface area contributed by atoms with Crippen molar-refractivity contribution >= 4 is 11.6 Å². The van der Waals surface area contributed by atoms with E-state index in [-0.39, 0.29) is 5.82 Å². The molecule has 1 atom stereocenters. The Hall–Kier alpha value is -2.40. The van der Waals surface area contributed by atoms with Crippen LogP contribution < -0.4 is 10.6 Å². The number of anilines is 1. The van der Waals surface area contributed by atoms with Gasteiger partial charge in [0.2, 0.25) is 5.91 Å². The van der Waals surface area contributed by atoms with Crippen molar-refractivity contribution in [2.24, 2.45) is 5.73 Å². The maximum Gasteiger partial charge on any atom is 0.239 e. The standard InChI is InChI=1S/C18H22FN3O/c1-21(2)16-9-4-6-13(10-16)12-22(3)17(18(20)23)14-7-5-8-15(19)11-14/h4-11,17H,12H2,1-3H3,(H2,20,23)/t17-/m1/s1. The number of nitrogens with zero attached hydrogens (tertiary/aromatic N) is 2. The lowest BCUT2D eigenvalue weighted by atomic mass is 10.0. The van der Waals surface area contributed by atoms with Gasteiger partial charge in [-0.1, -0.05) is 24.3 Å². The molecule has 0 saturated heterocycles. The van der Waals surface area contributed by atoms with E-state index in [2.05, 4.69) is 6.07 Å². The molecule has 0 aliphatic carbocycles. The second-order valence-electron chi connectivity index (χ2n) is 5.84. The summed E-state index contributed by atoms with van der Waals surface area (Å²) in [6, 6.07) is 13.4. The van der Waals surface area contributed by atoms with Gasteiger partial charge in [0.15, 0.2) is 0 Å². The number of carbonyl (C=O) groups excluding carboxylic acids is 1. The number of likely N-dealkylation sites (N-methyl/N-ethyl adjacent to an activating group) is 1. The van der Waals surface area contributed by atoms with E-state index in [1.165, 1.54) is 12.1 Å². The monoisotopic (exact) mass is 315 g/mol. The molecule has 1 amide bonds. The van der Waals surface area contributed by atoms with Crippen molar-refractivity contribution in [3.8, 4) is 0 Å². The summed E-state index contributed by atoms with van der Waals surface area (Å²) in [5.74, 6) is -0.876. The Morgan fingerprint density at radius 1 is 1.13 bits per heavy atom. The summed E-state index contributed by atoms with van der Waals surface area (Å²) < 4.78 is 13.4. The molecule has 0 heterocycles. The number of nitrogens with two attached hydrogens (primary N) is 1. The highest BCUT2D eigenvalue weighted by Crippen LogP contribution is 2.23. The second-order valence-corrected chi connectivity index (χ2v) is 5.84. The van der Waals surface area contributed by atoms with Crippen LogP contribution in [0.1, 0.15) is 17.2 Å². The fourth-order valence-corrected chi connectivity index (χ4v) is 2.62. The summed E-state index contributed by atoms with van der Waals surface area (Å²) >= 11 is 0. The van der Waals surface area contributed by atoms with Crippen LogP contribution in [-0.4, -0.2) is 32.0 Å². The molecule has 5 heteroatoms. The third-order valence-electron chi connectivity index (χ3n) is 3.73. The van der Waals surface area contributed by atoms with Gasteiger partial charge in [-0.15, -0.1) is 0 Å². The van der Waals surface area contributed by atoms with Crippen molar-refractivity contribution in [1.29, 1.82) is 0 Å². The van der Waals surface area contributed by atoms with E-state index in [1.807, 2.05) is 49.1 Å². The summed E-state index contributed by atoms with van der Waals surface area (Å²) in [7, 11) is 5.76. The topological polar surface area (TPSA) is 49.6 Å². The van der Waals surface area contributed by atoms with Crippen molar-refractivity contribution in [1.82, 2.24) is 4.90 Å². The molecule has 2 aromatic rings. The van der Waals surface area contributed by atoms with Crippen LogP contribution in [0, 0.1) is 5.82 Å². The fraction of sp³-hybridized carbons (Fsp3) is 0.278. The molecule has 0 spiro atoms. The van der Waals surface area contributed by atoms with Crippen LogP contribution in [0.15, 0.2) is 48.5 Å². The molecule has 0 saturated carbocycles. The number of primary amides is 1. The molecule has 2 aromatic carbocycles. The number of hydrogen-bond acceptors (Lipinski definition) is 3. The van der Waals surface area contributed by atoms with Crippen LogP contribution >= 0.6 is 0 Å². The number of rotatable bonds is 6. The van der Waals surface area contributed by atoms with Gasteiger partial charge in [-0.05, 0) is 42.4 Å². The van der Waals surface area contributed by atoms with Crippen molar-refractivity contribution < 1.29 is 9.18 Å². The molecular formula is C18H22FN3O. The van der Waals surface area contributed by atoms with Gasteiger partial charge in [-0.3, -0.25) is 9.69 Å². The van der Waals surface area contributed by atoms with Crippen LogP contribution in [0.2, 0.25) is 0 Å². The van der Waals surface area contributed by atoms with Crippen molar-refractivity contribution in [3.05, 3.63) is 65.5 Å². The molecule has 0 radical (unpaired) electrons. The molecule has 0 fully saturated rings. The summed E-state index contributed by atoms with van der Waals surface area (Å²) in [4.78, 5) is 15.7. The summed E-state index contributed by atoms with van der Waals surface area (Å²) in [5, 5.41) is 0. The van der Waals surface area contributed by atoms with Gasteiger partial charge in [0.05, 0.1) is 0 Å². The molecule has 4 nitrogen and oxygen atoms in total. The highest BCUT2D eigenvalue weighted by molar-refractivity contribution is 5.81. The molecule has 2 N–H and O–H groups in total. The Bertz CT molecular complexity index is 687. The lowest BCUT2D eigenvalue weighted by Gasteiger charge is -2.26. The van der Waals surface area contributed by atoms with Gasteiger partial charge in [0.25, 0.3) is 0 Å². The van der Waals surface area contributed by atoms with Gasteiger partial charge in [0.1, 0.15) is 11.9 Å². The minimum absolute atomic E-state index is 0.378. The molecular weight excluding hydrogens is 293 g/mol. The van der Waals surface area contributed by atoms with E-state index < -0.39 is 11.9 Å². The first kappa shape index (κ1) is 17.0. The third kappa shape index (κ3) is 4.29. The van der Waals surface area contributed by atoms with Crippen molar-refractivity contribution in [3.63, 3.8) is 0 Å². The van der Waals surface area contributed by atoms with E-state index in [0.717, 1.165) is 11.3 Å². The summed E-state index contributed by atoms with van der Waals surface area (Å²) in [6.07, 6.45) is 0. The first-order valence-corrected chi connectivity index (χ1v) is 7.40. The van der Waals surface area contributed by atoms with Gasteiger partial charge in [-0.2, -0.15) is 0 Å². The normalized spacial score (nSPS) is 12.2. The third-order valence-corrected chi connectivity index (χ3v) is 3.73. The highest BCUT2D eigenvalue weighted by atomic mass is 19.1. The van der Waals surface area contributed by atoms with Gasteiger partial charge in [0, 0.05) is 26.3 Å². The maximum absolute atomic E-state index is 13.4. The minimum Gasteiger partial charge on any atom is -0.378 e. The zero-order chi connectivity index (χ0) is 17.0. The van der Waals surface area contributed by atoms with Crippen molar-refractivity contribution in [2.45, 2.75) is 12.6 Å². The number of benzene rings is 2. The minimum atomic E-state index is -0.672. The van der Waals surface area contributed by atoms with Crippen LogP contribution in [0.4, 0.5) is 10.1 Å². The SMILES string of the molecule is CN(C)c1cccc(CN(C)[C@@H](C(N)=O)c2cccc(F)c2)c1. The van der Waals surface area contributed by atoms with E-state index in [1.54, 1.807) is 12.1 Å². The summed E-state index contributed by atoms with van der Waals surface area (Å²) in [5.41, 5.74) is 8.24. The van der Waals surface area contributed by atoms with E-state index in [4.69, 9.17) is 5.73 Å². The summed E-state index contributed by atoms with van der Waals surface area (Å²) in [6.45, 7) is 0.534. The Labute approximate surface area is 136 Å². The van der Waals surface area contributed by atoms with E-state index >= 15 is 0 Å². The van der Waals surface area contributed by atoms with Crippen LogP contribution in [0.3, 0.4) is 0 Å². The average Bonchev–Trinajstić information content (AvgIpc) is 2.47. The average molecular weight is 315 g/mol. The molecule has 2 rings (SSSR count). The van der Waals surface area contributed by atoms with E-state index in [9.17, 15) is 9.18 Å². The second kappa shape index (κ2) is 7.24. The smallest absolute Gasteiger partial charge is 0.239 e. The number of halogens is 1. The lowest BCUT2D eigenvalue weighted by Crippen LogP contribution is -2.35.